The number of hydrogen-bond acceptors (Lipinski definition) is 6. The van der Waals surface area contributed by atoms with Gasteiger partial charge in [-0.1, -0.05) is 0 Å². The van der Waals surface area contributed by atoms with Crippen molar-refractivity contribution < 1.29 is 14.3 Å². The molecule has 2 aromatic rings. The second-order valence-electron chi connectivity index (χ2n) is 6.91. The average molecular weight is 383 g/mol. The Morgan fingerprint density at radius 2 is 1.57 bits per heavy atom. The molecule has 1 aromatic heterocycles. The maximum Gasteiger partial charge on any atom is 0.257 e. The van der Waals surface area contributed by atoms with Crippen LogP contribution < -0.4 is 10.1 Å². The Balaban J connectivity index is 1.57. The van der Waals surface area contributed by atoms with E-state index in [1.54, 1.807) is 16.7 Å². The van der Waals surface area contributed by atoms with Crippen molar-refractivity contribution in [2.75, 3.05) is 31.5 Å². The molecule has 8 nitrogen and oxygen atoms in total. The van der Waals surface area contributed by atoms with Crippen LogP contribution in [0.4, 0.5) is 11.6 Å². The number of anilines is 2. The first kappa shape index (κ1) is 19.6. The van der Waals surface area contributed by atoms with Gasteiger partial charge in [0, 0.05) is 51.2 Å². The fourth-order valence-electron chi connectivity index (χ4n) is 2.93. The molecule has 3 rings (SSSR count). The number of carbonyl (C=O) groups is 2. The maximum atomic E-state index is 12.6. The summed E-state index contributed by atoms with van der Waals surface area (Å²) in [6.07, 6.45) is 3.16. The van der Waals surface area contributed by atoms with E-state index < -0.39 is 0 Å². The molecular formula is C20H25N5O3. The smallest absolute Gasteiger partial charge is 0.257 e. The van der Waals surface area contributed by atoms with Crippen LogP contribution in [0.5, 0.6) is 5.75 Å². The Bertz CT molecular complexity index is 813. The van der Waals surface area contributed by atoms with Crippen LogP contribution in [0.2, 0.25) is 0 Å². The topological polar surface area (TPSA) is 87.7 Å². The van der Waals surface area contributed by atoms with Crippen LogP contribution in [0.3, 0.4) is 0 Å². The largest absolute Gasteiger partial charge is 0.491 e. The number of benzene rings is 1. The molecule has 8 heteroatoms. The van der Waals surface area contributed by atoms with Crippen LogP contribution in [0.15, 0.2) is 36.7 Å². The zero-order valence-corrected chi connectivity index (χ0v) is 16.4. The highest BCUT2D eigenvalue weighted by Crippen LogP contribution is 2.19. The van der Waals surface area contributed by atoms with Gasteiger partial charge in [-0.15, -0.1) is 0 Å². The third kappa shape index (κ3) is 4.97. The second kappa shape index (κ2) is 8.69. The van der Waals surface area contributed by atoms with E-state index >= 15 is 0 Å². The number of nitrogens with zero attached hydrogens (tertiary/aromatic N) is 4. The van der Waals surface area contributed by atoms with E-state index in [1.807, 2.05) is 38.1 Å². The van der Waals surface area contributed by atoms with Gasteiger partial charge < -0.3 is 19.9 Å². The summed E-state index contributed by atoms with van der Waals surface area (Å²) in [6, 6.07) is 7.52. The number of rotatable bonds is 5. The van der Waals surface area contributed by atoms with E-state index in [4.69, 9.17) is 4.74 Å². The van der Waals surface area contributed by atoms with Crippen molar-refractivity contribution in [3.05, 3.63) is 42.2 Å². The summed E-state index contributed by atoms with van der Waals surface area (Å²) < 4.78 is 5.62. The molecule has 1 aromatic carbocycles. The van der Waals surface area contributed by atoms with Crippen LogP contribution in [0.25, 0.3) is 0 Å². The molecule has 1 saturated heterocycles. The third-order valence-electron chi connectivity index (χ3n) is 4.39. The number of hydrogen-bond donors (Lipinski definition) is 1. The number of amides is 2. The van der Waals surface area contributed by atoms with Crippen LogP contribution >= 0.6 is 0 Å². The molecule has 2 amide bonds. The van der Waals surface area contributed by atoms with Gasteiger partial charge in [-0.05, 0) is 38.1 Å². The van der Waals surface area contributed by atoms with Gasteiger partial charge in [-0.3, -0.25) is 9.59 Å². The molecular weight excluding hydrogens is 358 g/mol. The van der Waals surface area contributed by atoms with Crippen molar-refractivity contribution in [3.8, 4) is 5.75 Å². The standard InChI is InChI=1S/C20H25N5O3/c1-14(2)28-18-6-4-17(5-7-18)23-20-21-12-16(13-22-20)19(27)25-10-8-24(9-11-25)15(3)26/h4-7,12-14H,8-11H2,1-3H3,(H,21,22,23). The molecule has 0 spiro atoms. The molecule has 0 saturated carbocycles. The summed E-state index contributed by atoms with van der Waals surface area (Å²) in [4.78, 5) is 35.9. The highest BCUT2D eigenvalue weighted by Gasteiger charge is 2.23. The molecule has 1 aliphatic heterocycles. The fourth-order valence-corrected chi connectivity index (χ4v) is 2.93. The first-order valence-corrected chi connectivity index (χ1v) is 9.33. The highest BCUT2D eigenvalue weighted by atomic mass is 16.5. The van der Waals surface area contributed by atoms with Crippen LogP contribution in [-0.4, -0.2) is 63.9 Å². The number of aromatic nitrogens is 2. The molecule has 2 heterocycles. The molecule has 0 unspecified atom stereocenters. The normalized spacial score (nSPS) is 14.1. The summed E-state index contributed by atoms with van der Waals surface area (Å²) in [5.41, 5.74) is 1.26. The van der Waals surface area contributed by atoms with Gasteiger partial charge in [0.25, 0.3) is 5.91 Å². The Labute approximate surface area is 164 Å². The lowest BCUT2D eigenvalue weighted by molar-refractivity contribution is -0.130. The number of nitrogens with one attached hydrogen (secondary N) is 1. The molecule has 1 aliphatic rings. The Morgan fingerprint density at radius 3 is 2.11 bits per heavy atom. The molecule has 0 bridgehead atoms. The van der Waals surface area contributed by atoms with Crippen molar-refractivity contribution in [2.45, 2.75) is 26.9 Å². The van der Waals surface area contributed by atoms with E-state index in [2.05, 4.69) is 15.3 Å². The van der Waals surface area contributed by atoms with E-state index in [0.29, 0.717) is 37.7 Å². The van der Waals surface area contributed by atoms with Crippen molar-refractivity contribution >= 4 is 23.5 Å². The van der Waals surface area contributed by atoms with Crippen LogP contribution in [0, 0.1) is 0 Å². The second-order valence-corrected chi connectivity index (χ2v) is 6.91. The monoisotopic (exact) mass is 383 g/mol. The fraction of sp³-hybridized carbons (Fsp3) is 0.400. The van der Waals surface area contributed by atoms with Gasteiger partial charge in [0.15, 0.2) is 0 Å². The molecule has 1 fully saturated rings. The van der Waals surface area contributed by atoms with E-state index in [0.717, 1.165) is 11.4 Å². The number of carbonyl (C=O) groups excluding carboxylic acids is 2. The molecule has 0 aliphatic carbocycles. The maximum absolute atomic E-state index is 12.6. The van der Waals surface area contributed by atoms with Gasteiger partial charge in [0.2, 0.25) is 11.9 Å². The summed E-state index contributed by atoms with van der Waals surface area (Å²) in [5.74, 6) is 1.13. The number of ether oxygens (including phenoxy) is 1. The van der Waals surface area contributed by atoms with Crippen molar-refractivity contribution in [3.63, 3.8) is 0 Å². The van der Waals surface area contributed by atoms with Crippen LogP contribution in [0.1, 0.15) is 31.1 Å². The average Bonchev–Trinajstić information content (AvgIpc) is 2.69. The SMILES string of the molecule is CC(=O)N1CCN(C(=O)c2cnc(Nc3ccc(OC(C)C)cc3)nc2)CC1. The van der Waals surface area contributed by atoms with E-state index in [-0.39, 0.29) is 17.9 Å². The molecule has 0 radical (unpaired) electrons. The van der Waals surface area contributed by atoms with Gasteiger partial charge in [0.1, 0.15) is 5.75 Å². The first-order valence-electron chi connectivity index (χ1n) is 9.33. The molecule has 28 heavy (non-hydrogen) atoms. The van der Waals surface area contributed by atoms with Crippen LogP contribution in [-0.2, 0) is 4.79 Å². The van der Waals surface area contributed by atoms with Gasteiger partial charge in [0.05, 0.1) is 11.7 Å². The van der Waals surface area contributed by atoms with Crippen molar-refractivity contribution in [2.24, 2.45) is 0 Å². The highest BCUT2D eigenvalue weighted by molar-refractivity contribution is 5.94. The quantitative estimate of drug-likeness (QED) is 0.853. The summed E-state index contributed by atoms with van der Waals surface area (Å²) in [6.45, 7) is 7.64. The minimum atomic E-state index is -0.120. The Morgan fingerprint density at radius 1 is 1.00 bits per heavy atom. The van der Waals surface area contributed by atoms with Gasteiger partial charge in [-0.25, -0.2) is 9.97 Å². The zero-order valence-electron chi connectivity index (χ0n) is 16.4. The molecule has 148 valence electrons. The van der Waals surface area contributed by atoms with Gasteiger partial charge in [-0.2, -0.15) is 0 Å². The van der Waals surface area contributed by atoms with Crippen molar-refractivity contribution in [1.29, 1.82) is 0 Å². The molecule has 0 atom stereocenters. The zero-order chi connectivity index (χ0) is 20.1. The minimum absolute atomic E-state index is 0.0367. The van der Waals surface area contributed by atoms with E-state index in [9.17, 15) is 9.59 Å². The number of piperazine rings is 1. The lowest BCUT2D eigenvalue weighted by atomic mass is 10.2. The van der Waals surface area contributed by atoms with Crippen molar-refractivity contribution in [1.82, 2.24) is 19.8 Å². The lowest BCUT2D eigenvalue weighted by Gasteiger charge is -2.34. The third-order valence-corrected chi connectivity index (χ3v) is 4.39. The minimum Gasteiger partial charge on any atom is -0.491 e. The summed E-state index contributed by atoms with van der Waals surface area (Å²) >= 11 is 0. The predicted octanol–water partition coefficient (Wildman–Crippen LogP) is 2.31. The Hall–Kier alpha value is -3.16. The Kier molecular flexibility index (Phi) is 6.08. The lowest BCUT2D eigenvalue weighted by Crippen LogP contribution is -2.50. The van der Waals surface area contributed by atoms with E-state index in [1.165, 1.54) is 12.4 Å². The van der Waals surface area contributed by atoms with Gasteiger partial charge >= 0.3 is 0 Å². The first-order chi connectivity index (χ1) is 13.4. The summed E-state index contributed by atoms with van der Waals surface area (Å²) in [7, 11) is 0. The summed E-state index contributed by atoms with van der Waals surface area (Å²) in [5, 5.41) is 3.10. The molecule has 1 N–H and O–H groups in total. The predicted molar refractivity (Wildman–Crippen MR) is 106 cm³/mol.